The highest BCUT2D eigenvalue weighted by Gasteiger charge is 2.13. The van der Waals surface area contributed by atoms with E-state index in [0.717, 1.165) is 23.4 Å². The molecule has 0 spiro atoms. The van der Waals surface area contributed by atoms with E-state index >= 15 is 0 Å². The number of nitrogens with zero attached hydrogens (tertiary/aromatic N) is 2. The molecule has 2 N–H and O–H groups in total. The minimum absolute atomic E-state index is 0.126. The predicted molar refractivity (Wildman–Crippen MR) is 71.4 cm³/mol. The van der Waals surface area contributed by atoms with Gasteiger partial charge in [0.25, 0.3) is 0 Å². The zero-order valence-electron chi connectivity index (χ0n) is 10.7. The number of hydrogen-bond acceptors (Lipinski definition) is 3. The third kappa shape index (κ3) is 2.71. The quantitative estimate of drug-likeness (QED) is 0.818. The molecule has 0 saturated carbocycles. The van der Waals surface area contributed by atoms with Crippen LogP contribution < -0.4 is 0 Å². The lowest BCUT2D eigenvalue weighted by molar-refractivity contribution is 0.147. The summed E-state index contributed by atoms with van der Waals surface area (Å²) in [5, 5.41) is 18.7. The molecule has 1 aromatic heterocycles. The smallest absolute Gasteiger partial charge is 0.112 e. The van der Waals surface area contributed by atoms with E-state index in [1.807, 2.05) is 18.2 Å². The van der Waals surface area contributed by atoms with E-state index in [0.29, 0.717) is 19.3 Å². The van der Waals surface area contributed by atoms with Crippen LogP contribution in [0, 0.1) is 0 Å². The maximum Gasteiger partial charge on any atom is 0.112 e. The van der Waals surface area contributed by atoms with Gasteiger partial charge in [-0.25, -0.2) is 4.98 Å². The van der Waals surface area contributed by atoms with Crippen molar-refractivity contribution in [1.29, 1.82) is 0 Å². The highest BCUT2D eigenvalue weighted by Crippen LogP contribution is 2.17. The van der Waals surface area contributed by atoms with E-state index < -0.39 is 6.10 Å². The molecule has 0 aliphatic heterocycles. The highest BCUT2D eigenvalue weighted by atomic mass is 16.3. The molecule has 4 heteroatoms. The van der Waals surface area contributed by atoms with Crippen LogP contribution in [0.2, 0.25) is 0 Å². The second kappa shape index (κ2) is 5.98. The molecule has 1 aromatic carbocycles. The van der Waals surface area contributed by atoms with E-state index in [4.69, 9.17) is 5.11 Å². The Labute approximate surface area is 107 Å². The molecule has 0 bridgehead atoms. The second-order valence-electron chi connectivity index (χ2n) is 4.48. The van der Waals surface area contributed by atoms with Crippen molar-refractivity contribution >= 4 is 11.0 Å². The number of aliphatic hydroxyl groups is 2. The fraction of sp³-hybridized carbons (Fsp3) is 0.500. The Morgan fingerprint density at radius 2 is 2.11 bits per heavy atom. The normalized spacial score (nSPS) is 13.1. The van der Waals surface area contributed by atoms with Crippen molar-refractivity contribution in [2.45, 2.75) is 38.8 Å². The Balaban J connectivity index is 2.21. The fourth-order valence-electron chi connectivity index (χ4n) is 2.27. The van der Waals surface area contributed by atoms with Crippen molar-refractivity contribution in [1.82, 2.24) is 9.55 Å². The third-order valence-electron chi connectivity index (χ3n) is 3.16. The first-order valence-electron chi connectivity index (χ1n) is 6.49. The molecule has 0 aliphatic rings. The fourth-order valence-corrected chi connectivity index (χ4v) is 2.27. The van der Waals surface area contributed by atoms with E-state index in [2.05, 4.69) is 22.5 Å². The van der Waals surface area contributed by atoms with Gasteiger partial charge in [-0.05, 0) is 31.9 Å². The van der Waals surface area contributed by atoms with Crippen LogP contribution in [0.3, 0.4) is 0 Å². The molecule has 2 rings (SSSR count). The van der Waals surface area contributed by atoms with Crippen molar-refractivity contribution in [3.63, 3.8) is 0 Å². The zero-order valence-corrected chi connectivity index (χ0v) is 10.7. The van der Waals surface area contributed by atoms with Crippen LogP contribution in [-0.4, -0.2) is 32.5 Å². The molecular weight excluding hydrogens is 228 g/mol. The highest BCUT2D eigenvalue weighted by molar-refractivity contribution is 5.75. The number of aliphatic hydroxyl groups excluding tert-OH is 2. The molecule has 1 unspecified atom stereocenters. The van der Waals surface area contributed by atoms with E-state index in [1.54, 1.807) is 0 Å². The summed E-state index contributed by atoms with van der Waals surface area (Å²) in [4.78, 5) is 4.57. The first kappa shape index (κ1) is 13.1. The molecule has 0 fully saturated rings. The van der Waals surface area contributed by atoms with Crippen LogP contribution in [0.4, 0.5) is 0 Å². The molecule has 98 valence electrons. The number of fused-ring (bicyclic) bond motifs is 1. The van der Waals surface area contributed by atoms with Crippen molar-refractivity contribution in [3.8, 4) is 0 Å². The van der Waals surface area contributed by atoms with Gasteiger partial charge in [-0.1, -0.05) is 12.1 Å². The Kier molecular flexibility index (Phi) is 4.33. The van der Waals surface area contributed by atoms with Crippen molar-refractivity contribution in [2.75, 3.05) is 6.61 Å². The van der Waals surface area contributed by atoms with E-state index in [9.17, 15) is 5.11 Å². The molecule has 0 radical (unpaired) electrons. The standard InChI is InChI=1S/C14H20N2O2/c1-2-16-13-8-4-3-7-12(13)15-14(16)10-11(18)6-5-9-17/h3-4,7-8,11,17-18H,2,5-6,9-10H2,1H3. The summed E-state index contributed by atoms with van der Waals surface area (Å²) < 4.78 is 2.14. The summed E-state index contributed by atoms with van der Waals surface area (Å²) in [6.07, 6.45) is 1.36. The number of rotatable bonds is 6. The molecule has 4 nitrogen and oxygen atoms in total. The lowest BCUT2D eigenvalue weighted by Gasteiger charge is -2.11. The maximum atomic E-state index is 9.91. The number of aromatic nitrogens is 2. The van der Waals surface area contributed by atoms with Gasteiger partial charge in [0, 0.05) is 19.6 Å². The first-order chi connectivity index (χ1) is 8.76. The van der Waals surface area contributed by atoms with Crippen LogP contribution in [0.15, 0.2) is 24.3 Å². The Morgan fingerprint density at radius 1 is 1.33 bits per heavy atom. The lowest BCUT2D eigenvalue weighted by Crippen LogP contribution is -2.15. The third-order valence-corrected chi connectivity index (χ3v) is 3.16. The van der Waals surface area contributed by atoms with E-state index in [1.165, 1.54) is 0 Å². The summed E-state index contributed by atoms with van der Waals surface area (Å²) in [5.41, 5.74) is 2.09. The number of para-hydroxylation sites is 2. The number of aryl methyl sites for hydroxylation is 1. The SMILES string of the molecule is CCn1c(CC(O)CCCO)nc2ccccc21. The molecule has 0 amide bonds. The predicted octanol–water partition coefficient (Wildman–Crippen LogP) is 1.73. The Hall–Kier alpha value is -1.39. The first-order valence-corrected chi connectivity index (χ1v) is 6.49. The van der Waals surface area contributed by atoms with Gasteiger partial charge in [-0.3, -0.25) is 0 Å². The largest absolute Gasteiger partial charge is 0.396 e. The van der Waals surface area contributed by atoms with Crippen molar-refractivity contribution in [3.05, 3.63) is 30.1 Å². The van der Waals surface area contributed by atoms with Gasteiger partial charge in [0.05, 0.1) is 17.1 Å². The van der Waals surface area contributed by atoms with Gasteiger partial charge in [0.15, 0.2) is 0 Å². The molecule has 1 atom stereocenters. The maximum absolute atomic E-state index is 9.91. The second-order valence-corrected chi connectivity index (χ2v) is 4.48. The summed E-state index contributed by atoms with van der Waals surface area (Å²) >= 11 is 0. The van der Waals surface area contributed by atoms with Gasteiger partial charge >= 0.3 is 0 Å². The van der Waals surface area contributed by atoms with Crippen molar-refractivity contribution < 1.29 is 10.2 Å². The minimum Gasteiger partial charge on any atom is -0.396 e. The van der Waals surface area contributed by atoms with Gasteiger partial charge in [0.2, 0.25) is 0 Å². The number of imidazole rings is 1. The Bertz CT molecular complexity index is 507. The molecular formula is C14H20N2O2. The van der Waals surface area contributed by atoms with Gasteiger partial charge in [0.1, 0.15) is 5.82 Å². The molecule has 2 aromatic rings. The average Bonchev–Trinajstić information content (AvgIpc) is 2.73. The van der Waals surface area contributed by atoms with E-state index in [-0.39, 0.29) is 6.61 Å². The number of hydrogen-bond donors (Lipinski definition) is 2. The van der Waals surface area contributed by atoms with Gasteiger partial charge in [-0.15, -0.1) is 0 Å². The summed E-state index contributed by atoms with van der Waals surface area (Å²) in [7, 11) is 0. The monoisotopic (exact) mass is 248 g/mol. The topological polar surface area (TPSA) is 58.3 Å². The van der Waals surface area contributed by atoms with Crippen molar-refractivity contribution in [2.24, 2.45) is 0 Å². The van der Waals surface area contributed by atoms with Crippen LogP contribution in [0.5, 0.6) is 0 Å². The van der Waals surface area contributed by atoms with Gasteiger partial charge in [-0.2, -0.15) is 0 Å². The summed E-state index contributed by atoms with van der Waals surface area (Å²) in [6, 6.07) is 8.02. The molecule has 0 saturated heterocycles. The number of benzene rings is 1. The summed E-state index contributed by atoms with van der Waals surface area (Å²) in [6.45, 7) is 3.06. The van der Waals surface area contributed by atoms with Gasteiger partial charge < -0.3 is 14.8 Å². The van der Waals surface area contributed by atoms with Crippen LogP contribution in [0.1, 0.15) is 25.6 Å². The average molecular weight is 248 g/mol. The summed E-state index contributed by atoms with van der Waals surface area (Å²) in [5.74, 6) is 0.920. The van der Waals surface area contributed by atoms with Crippen LogP contribution >= 0.6 is 0 Å². The molecule has 0 aliphatic carbocycles. The van der Waals surface area contributed by atoms with Crippen LogP contribution in [-0.2, 0) is 13.0 Å². The molecule has 1 heterocycles. The molecule has 18 heavy (non-hydrogen) atoms. The minimum atomic E-state index is -0.431. The Morgan fingerprint density at radius 3 is 2.83 bits per heavy atom. The lowest BCUT2D eigenvalue weighted by atomic mass is 10.1. The zero-order chi connectivity index (χ0) is 13.0. The van der Waals surface area contributed by atoms with Crippen LogP contribution in [0.25, 0.3) is 11.0 Å².